The first-order valence-electron chi connectivity index (χ1n) is 8.55. The van der Waals surface area contributed by atoms with E-state index in [0.717, 1.165) is 5.56 Å². The molecular weight excluding hydrogens is 391 g/mol. The third-order valence-corrected chi connectivity index (χ3v) is 5.07. The maximum atomic E-state index is 14.0. The van der Waals surface area contributed by atoms with E-state index in [4.69, 9.17) is 16.3 Å². The average molecular weight is 404 g/mol. The van der Waals surface area contributed by atoms with Crippen molar-refractivity contribution in [3.8, 4) is 11.5 Å². The minimum Gasteiger partial charge on any atom is -0.452 e. The Hall–Kier alpha value is -2.86. The molecule has 0 radical (unpaired) electrons. The van der Waals surface area contributed by atoms with E-state index in [1.807, 2.05) is 30.3 Å². The van der Waals surface area contributed by atoms with E-state index < -0.39 is 28.5 Å². The molecule has 0 saturated carbocycles. The van der Waals surface area contributed by atoms with Crippen LogP contribution in [0.5, 0.6) is 11.5 Å². The van der Waals surface area contributed by atoms with Crippen LogP contribution < -0.4 is 4.74 Å². The van der Waals surface area contributed by atoms with E-state index >= 15 is 0 Å². The van der Waals surface area contributed by atoms with Gasteiger partial charge in [0.2, 0.25) is 11.8 Å². The molecule has 1 heterocycles. The van der Waals surface area contributed by atoms with Crippen LogP contribution in [0.2, 0.25) is 5.02 Å². The number of aromatic nitrogens is 1. The summed E-state index contributed by atoms with van der Waals surface area (Å²) in [5.74, 6) is -5.23. The molecule has 1 aliphatic carbocycles. The van der Waals surface area contributed by atoms with E-state index in [0.29, 0.717) is 24.0 Å². The van der Waals surface area contributed by atoms with Gasteiger partial charge in [-0.2, -0.15) is 18.2 Å². The third kappa shape index (κ3) is 3.24. The number of carbonyl (C=O) groups excluding carboxylic acids is 1. The van der Waals surface area contributed by atoms with Gasteiger partial charge in [-0.05, 0) is 35.7 Å². The van der Waals surface area contributed by atoms with Crippen molar-refractivity contribution in [1.82, 2.24) is 4.98 Å². The summed E-state index contributed by atoms with van der Waals surface area (Å²) in [4.78, 5) is 15.0. The Morgan fingerprint density at radius 2 is 1.79 bits per heavy atom. The molecule has 28 heavy (non-hydrogen) atoms. The lowest BCUT2D eigenvalue weighted by molar-refractivity contribution is 0.0969. The number of Topliss-reactive ketones (excluding diaryl/α,β-unsaturated/α-hetero) is 1. The fraction of sp³-hybridized carbons (Fsp3) is 0.143. The summed E-state index contributed by atoms with van der Waals surface area (Å²) in [7, 11) is 0. The highest BCUT2D eigenvalue weighted by Crippen LogP contribution is 2.40. The molecule has 0 unspecified atom stereocenters. The lowest BCUT2D eigenvalue weighted by Crippen LogP contribution is -2.16. The summed E-state index contributed by atoms with van der Waals surface area (Å²) in [5.41, 5.74) is 2.29. The third-order valence-electron chi connectivity index (χ3n) is 4.74. The van der Waals surface area contributed by atoms with Crippen LogP contribution in [0, 0.1) is 17.7 Å². The van der Waals surface area contributed by atoms with E-state index in [9.17, 15) is 18.0 Å². The molecule has 0 spiro atoms. The predicted molar refractivity (Wildman–Crippen MR) is 97.5 cm³/mol. The monoisotopic (exact) mass is 403 g/mol. The van der Waals surface area contributed by atoms with Gasteiger partial charge in [-0.25, -0.2) is 0 Å². The van der Waals surface area contributed by atoms with Gasteiger partial charge in [-0.3, -0.25) is 4.79 Å². The summed E-state index contributed by atoms with van der Waals surface area (Å²) >= 11 is 5.69. The molecule has 0 fully saturated rings. The van der Waals surface area contributed by atoms with Gasteiger partial charge < -0.3 is 4.74 Å². The molecule has 2 aromatic carbocycles. The molecule has 1 aliphatic rings. The minimum absolute atomic E-state index is 0.000978. The molecule has 1 atom stereocenters. The summed E-state index contributed by atoms with van der Waals surface area (Å²) in [5, 5.41) is -0.757. The molecule has 1 aromatic heterocycles. The van der Waals surface area contributed by atoms with Crippen LogP contribution >= 0.6 is 11.6 Å². The second-order valence-corrected chi connectivity index (χ2v) is 6.80. The van der Waals surface area contributed by atoms with Gasteiger partial charge >= 0.3 is 0 Å². The average Bonchev–Trinajstić information content (AvgIpc) is 2.70. The zero-order valence-corrected chi connectivity index (χ0v) is 15.1. The summed E-state index contributed by atoms with van der Waals surface area (Å²) < 4.78 is 46.3. The molecular formula is C21H13ClF3NO2. The topological polar surface area (TPSA) is 39.2 Å². The number of halogens is 4. The number of hydrogen-bond acceptors (Lipinski definition) is 3. The van der Waals surface area contributed by atoms with Crippen molar-refractivity contribution in [3.63, 3.8) is 0 Å². The standard InChI is InChI=1S/C21H13ClF3NO2/c22-17-19(18(23)21(25)26-20(17)24)28-12-6-7-14-15(10-12)13(8-9-16(14)27)11-4-2-1-3-5-11/h1-7,10,13H,8-9H2/t13-/m0/s1. The van der Waals surface area contributed by atoms with Crippen LogP contribution in [-0.2, 0) is 0 Å². The van der Waals surface area contributed by atoms with Gasteiger partial charge in [-0.1, -0.05) is 41.9 Å². The molecule has 7 heteroatoms. The molecule has 0 N–H and O–H groups in total. The number of carbonyl (C=O) groups is 1. The number of rotatable bonds is 3. The number of nitrogens with zero attached hydrogens (tertiary/aromatic N) is 1. The molecule has 142 valence electrons. The Bertz CT molecular complexity index is 1050. The van der Waals surface area contributed by atoms with Crippen molar-refractivity contribution >= 4 is 17.4 Å². The van der Waals surface area contributed by atoms with Gasteiger partial charge in [0.25, 0.3) is 5.95 Å². The van der Waals surface area contributed by atoms with Crippen molar-refractivity contribution in [3.05, 3.63) is 88.0 Å². The molecule has 0 amide bonds. The van der Waals surface area contributed by atoms with Crippen LogP contribution in [0.4, 0.5) is 13.2 Å². The van der Waals surface area contributed by atoms with Crippen LogP contribution in [0.15, 0.2) is 48.5 Å². The van der Waals surface area contributed by atoms with E-state index in [2.05, 4.69) is 4.98 Å². The first kappa shape index (κ1) is 18.5. The largest absolute Gasteiger partial charge is 0.452 e. The van der Waals surface area contributed by atoms with Gasteiger partial charge in [0.05, 0.1) is 0 Å². The maximum Gasteiger partial charge on any atom is 0.255 e. The van der Waals surface area contributed by atoms with Crippen LogP contribution in [0.25, 0.3) is 0 Å². The highest BCUT2D eigenvalue weighted by molar-refractivity contribution is 6.32. The number of fused-ring (bicyclic) bond motifs is 1. The van der Waals surface area contributed by atoms with Gasteiger partial charge in [0.1, 0.15) is 10.8 Å². The predicted octanol–water partition coefficient (Wildman–Crippen LogP) is 6.05. The summed E-state index contributed by atoms with van der Waals surface area (Å²) in [6.45, 7) is 0. The lowest BCUT2D eigenvalue weighted by atomic mass is 9.78. The van der Waals surface area contributed by atoms with E-state index in [1.54, 1.807) is 12.1 Å². The molecule has 4 rings (SSSR count). The Balaban J connectivity index is 1.77. The minimum atomic E-state index is -1.65. The molecule has 3 aromatic rings. The fourth-order valence-electron chi connectivity index (χ4n) is 3.42. The Labute approximate surface area is 163 Å². The van der Waals surface area contributed by atoms with Crippen molar-refractivity contribution in [2.75, 3.05) is 0 Å². The van der Waals surface area contributed by atoms with Crippen LogP contribution in [0.1, 0.15) is 40.2 Å². The highest BCUT2D eigenvalue weighted by Gasteiger charge is 2.28. The van der Waals surface area contributed by atoms with Gasteiger partial charge in [0.15, 0.2) is 11.5 Å². The number of pyridine rings is 1. The first-order valence-corrected chi connectivity index (χ1v) is 8.93. The number of ether oxygens (including phenoxy) is 1. The number of benzene rings is 2. The second kappa shape index (κ2) is 7.28. The lowest BCUT2D eigenvalue weighted by Gasteiger charge is -2.25. The van der Waals surface area contributed by atoms with E-state index in [1.165, 1.54) is 6.07 Å². The second-order valence-electron chi connectivity index (χ2n) is 6.43. The molecule has 3 nitrogen and oxygen atoms in total. The van der Waals surface area contributed by atoms with Crippen molar-refractivity contribution in [2.24, 2.45) is 0 Å². The summed E-state index contributed by atoms with van der Waals surface area (Å²) in [6, 6.07) is 14.2. The van der Waals surface area contributed by atoms with Crippen LogP contribution in [0.3, 0.4) is 0 Å². The zero-order chi connectivity index (χ0) is 19.8. The highest BCUT2D eigenvalue weighted by atomic mass is 35.5. The maximum absolute atomic E-state index is 14.0. The number of ketones is 1. The smallest absolute Gasteiger partial charge is 0.255 e. The summed E-state index contributed by atoms with van der Waals surface area (Å²) in [6.07, 6.45) is 1.03. The Kier molecular flexibility index (Phi) is 4.81. The van der Waals surface area contributed by atoms with Crippen molar-refractivity contribution < 1.29 is 22.7 Å². The van der Waals surface area contributed by atoms with Crippen molar-refractivity contribution in [2.45, 2.75) is 18.8 Å². The molecule has 0 aliphatic heterocycles. The van der Waals surface area contributed by atoms with Crippen LogP contribution in [-0.4, -0.2) is 10.8 Å². The van der Waals surface area contributed by atoms with E-state index in [-0.39, 0.29) is 17.5 Å². The Morgan fingerprint density at radius 1 is 1.04 bits per heavy atom. The molecule has 0 saturated heterocycles. The van der Waals surface area contributed by atoms with Crippen molar-refractivity contribution in [1.29, 1.82) is 0 Å². The fourth-order valence-corrected chi connectivity index (χ4v) is 3.58. The van der Waals surface area contributed by atoms with Gasteiger partial charge in [-0.15, -0.1) is 0 Å². The molecule has 0 bridgehead atoms. The number of hydrogen-bond donors (Lipinski definition) is 0. The zero-order valence-electron chi connectivity index (χ0n) is 14.4. The first-order chi connectivity index (χ1) is 13.5. The SMILES string of the molecule is O=C1CC[C@@H](c2ccccc2)c2cc(Oc3c(F)c(F)nc(F)c3Cl)ccc21. The van der Waals surface area contributed by atoms with Gasteiger partial charge in [0, 0.05) is 17.9 Å². The normalized spacial score (nSPS) is 16.0. The Morgan fingerprint density at radius 3 is 2.54 bits per heavy atom. The quantitative estimate of drug-likeness (QED) is 0.499.